The maximum Gasteiger partial charge on any atom is 0.417 e. The number of imidazole rings is 1. The molecule has 1 aromatic carbocycles. The van der Waals surface area contributed by atoms with Crippen molar-refractivity contribution in [1.29, 1.82) is 0 Å². The lowest BCUT2D eigenvalue weighted by Gasteiger charge is -2.11. The zero-order valence-corrected chi connectivity index (χ0v) is 14.5. The highest BCUT2D eigenvalue weighted by atomic mass is 19.4. The van der Waals surface area contributed by atoms with Crippen LogP contribution in [0.3, 0.4) is 0 Å². The summed E-state index contributed by atoms with van der Waals surface area (Å²) in [7, 11) is 0. The van der Waals surface area contributed by atoms with Crippen LogP contribution in [0.2, 0.25) is 0 Å². The first-order valence-corrected chi connectivity index (χ1v) is 8.26. The van der Waals surface area contributed by atoms with Gasteiger partial charge in [0.05, 0.1) is 22.8 Å². The average Bonchev–Trinajstić information content (AvgIpc) is 3.12. The molecular formula is C19H11F4N5O. The molecule has 3 heterocycles. The zero-order chi connectivity index (χ0) is 20.6. The molecule has 0 aliphatic heterocycles. The SMILES string of the molecule is O=C(Nc1ccccn1)c1cncc2[nH]c(-c3cc(F)ccc3C(F)(F)F)nc12. The number of amides is 1. The van der Waals surface area contributed by atoms with Crippen molar-refractivity contribution in [2.24, 2.45) is 0 Å². The molecule has 10 heteroatoms. The first-order chi connectivity index (χ1) is 13.8. The molecular weight excluding hydrogens is 390 g/mol. The van der Waals surface area contributed by atoms with E-state index in [9.17, 15) is 22.4 Å². The molecule has 0 spiro atoms. The summed E-state index contributed by atoms with van der Waals surface area (Å²) in [6, 6.07) is 7.03. The number of hydrogen-bond donors (Lipinski definition) is 2. The molecule has 1 amide bonds. The van der Waals surface area contributed by atoms with Crippen LogP contribution in [-0.4, -0.2) is 25.8 Å². The molecule has 6 nitrogen and oxygen atoms in total. The van der Waals surface area contributed by atoms with E-state index in [1.807, 2.05) is 0 Å². The number of fused-ring (bicyclic) bond motifs is 1. The van der Waals surface area contributed by atoms with Crippen LogP contribution >= 0.6 is 0 Å². The Morgan fingerprint density at radius 2 is 1.93 bits per heavy atom. The molecule has 0 radical (unpaired) electrons. The van der Waals surface area contributed by atoms with Crippen molar-refractivity contribution in [2.75, 3.05) is 5.32 Å². The third-order valence-electron chi connectivity index (χ3n) is 4.09. The molecule has 0 saturated heterocycles. The fourth-order valence-corrected chi connectivity index (χ4v) is 2.81. The Morgan fingerprint density at radius 3 is 2.66 bits per heavy atom. The van der Waals surface area contributed by atoms with Crippen molar-refractivity contribution < 1.29 is 22.4 Å². The van der Waals surface area contributed by atoms with Gasteiger partial charge in [0.15, 0.2) is 0 Å². The Kier molecular flexibility index (Phi) is 4.45. The Hall–Kier alpha value is -3.82. The number of carbonyl (C=O) groups is 1. The summed E-state index contributed by atoms with van der Waals surface area (Å²) in [6.45, 7) is 0. The number of alkyl halides is 3. The van der Waals surface area contributed by atoms with E-state index < -0.39 is 29.0 Å². The van der Waals surface area contributed by atoms with Gasteiger partial charge in [-0.2, -0.15) is 13.2 Å². The molecule has 0 atom stereocenters. The van der Waals surface area contributed by atoms with E-state index in [0.29, 0.717) is 6.07 Å². The number of rotatable bonds is 3. The molecule has 0 aliphatic rings. The predicted octanol–water partition coefficient (Wildman–Crippen LogP) is 4.43. The van der Waals surface area contributed by atoms with E-state index in [1.54, 1.807) is 18.2 Å². The molecule has 3 aromatic heterocycles. The number of aromatic nitrogens is 4. The highest BCUT2D eigenvalue weighted by Gasteiger charge is 2.34. The molecule has 2 N–H and O–H groups in total. The molecule has 0 bridgehead atoms. The van der Waals surface area contributed by atoms with E-state index in [0.717, 1.165) is 12.1 Å². The quantitative estimate of drug-likeness (QED) is 0.498. The van der Waals surface area contributed by atoms with E-state index in [4.69, 9.17) is 0 Å². The molecule has 0 fully saturated rings. The Labute approximate surface area is 160 Å². The van der Waals surface area contributed by atoms with Crippen LogP contribution in [0.15, 0.2) is 55.0 Å². The van der Waals surface area contributed by atoms with E-state index >= 15 is 0 Å². The van der Waals surface area contributed by atoms with Gasteiger partial charge in [0.1, 0.15) is 23.0 Å². The second-order valence-electron chi connectivity index (χ2n) is 6.03. The Morgan fingerprint density at radius 1 is 1.10 bits per heavy atom. The van der Waals surface area contributed by atoms with Gasteiger partial charge in [0, 0.05) is 18.0 Å². The normalized spacial score (nSPS) is 11.6. The highest BCUT2D eigenvalue weighted by Crippen LogP contribution is 2.37. The number of H-pyrrole nitrogens is 1. The number of benzene rings is 1. The van der Waals surface area contributed by atoms with Crippen LogP contribution in [0.1, 0.15) is 15.9 Å². The first-order valence-electron chi connectivity index (χ1n) is 8.26. The largest absolute Gasteiger partial charge is 0.417 e. The van der Waals surface area contributed by atoms with Gasteiger partial charge in [-0.25, -0.2) is 14.4 Å². The summed E-state index contributed by atoms with van der Waals surface area (Å²) in [6.07, 6.45) is -0.666. The van der Waals surface area contributed by atoms with Gasteiger partial charge in [-0.15, -0.1) is 0 Å². The lowest BCUT2D eigenvalue weighted by Crippen LogP contribution is -2.13. The number of aromatic amines is 1. The van der Waals surface area contributed by atoms with Gasteiger partial charge in [-0.1, -0.05) is 6.07 Å². The minimum atomic E-state index is -4.71. The maximum absolute atomic E-state index is 13.6. The maximum atomic E-state index is 13.6. The van der Waals surface area contributed by atoms with Gasteiger partial charge >= 0.3 is 6.18 Å². The standard InChI is InChI=1S/C19H11F4N5O/c20-10-4-5-13(19(21,22)23)11(7-10)17-26-14-9-24-8-12(16(14)28-17)18(29)27-15-3-1-2-6-25-15/h1-9H,(H,26,28)(H,25,27,29). The van der Waals surface area contributed by atoms with Gasteiger partial charge in [0.25, 0.3) is 5.91 Å². The predicted molar refractivity (Wildman–Crippen MR) is 96.5 cm³/mol. The molecule has 0 aliphatic carbocycles. The summed E-state index contributed by atoms with van der Waals surface area (Å²) in [4.78, 5) is 27.3. The second-order valence-corrected chi connectivity index (χ2v) is 6.03. The van der Waals surface area contributed by atoms with Crippen LogP contribution in [0.25, 0.3) is 22.4 Å². The van der Waals surface area contributed by atoms with E-state index in [-0.39, 0.29) is 28.2 Å². The summed E-state index contributed by atoms with van der Waals surface area (Å²) >= 11 is 0. The highest BCUT2D eigenvalue weighted by molar-refractivity contribution is 6.11. The minimum Gasteiger partial charge on any atom is -0.337 e. The summed E-state index contributed by atoms with van der Waals surface area (Å²) < 4.78 is 53.6. The van der Waals surface area contributed by atoms with Crippen LogP contribution in [0.4, 0.5) is 23.4 Å². The average molecular weight is 401 g/mol. The van der Waals surface area contributed by atoms with Gasteiger partial charge in [0.2, 0.25) is 0 Å². The monoisotopic (exact) mass is 401 g/mol. The lowest BCUT2D eigenvalue weighted by atomic mass is 10.1. The number of hydrogen-bond acceptors (Lipinski definition) is 4. The summed E-state index contributed by atoms with van der Waals surface area (Å²) in [5, 5.41) is 2.56. The smallest absolute Gasteiger partial charge is 0.337 e. The van der Waals surface area contributed by atoms with Crippen LogP contribution in [-0.2, 0) is 6.18 Å². The van der Waals surface area contributed by atoms with Crippen LogP contribution < -0.4 is 5.32 Å². The van der Waals surface area contributed by atoms with Gasteiger partial charge in [-0.3, -0.25) is 9.78 Å². The number of anilines is 1. The fraction of sp³-hybridized carbons (Fsp3) is 0.0526. The number of pyridine rings is 2. The van der Waals surface area contributed by atoms with E-state index in [2.05, 4.69) is 25.3 Å². The number of nitrogens with one attached hydrogen (secondary N) is 2. The van der Waals surface area contributed by atoms with Crippen molar-refractivity contribution in [3.05, 3.63) is 71.9 Å². The third-order valence-corrected chi connectivity index (χ3v) is 4.09. The molecule has 29 heavy (non-hydrogen) atoms. The van der Waals surface area contributed by atoms with Crippen molar-refractivity contribution in [1.82, 2.24) is 19.9 Å². The fourth-order valence-electron chi connectivity index (χ4n) is 2.81. The minimum absolute atomic E-state index is 0.0283. The summed E-state index contributed by atoms with van der Waals surface area (Å²) in [5.41, 5.74) is -1.16. The topological polar surface area (TPSA) is 83.6 Å². The van der Waals surface area contributed by atoms with Crippen molar-refractivity contribution in [2.45, 2.75) is 6.18 Å². The van der Waals surface area contributed by atoms with E-state index in [1.165, 1.54) is 18.6 Å². The third kappa shape index (κ3) is 3.64. The molecule has 4 rings (SSSR count). The lowest BCUT2D eigenvalue weighted by molar-refractivity contribution is -0.137. The van der Waals surface area contributed by atoms with Crippen LogP contribution in [0.5, 0.6) is 0 Å². The Bertz CT molecular complexity index is 1200. The Balaban J connectivity index is 1.80. The molecule has 146 valence electrons. The van der Waals surface area contributed by atoms with Gasteiger partial charge in [-0.05, 0) is 30.3 Å². The second kappa shape index (κ2) is 6.97. The van der Waals surface area contributed by atoms with Crippen molar-refractivity contribution in [3.63, 3.8) is 0 Å². The van der Waals surface area contributed by atoms with Crippen molar-refractivity contribution in [3.8, 4) is 11.4 Å². The number of carbonyl (C=O) groups excluding carboxylic acids is 1. The molecule has 0 saturated carbocycles. The molecule has 4 aromatic rings. The summed E-state index contributed by atoms with van der Waals surface area (Å²) in [5.74, 6) is -1.38. The van der Waals surface area contributed by atoms with Gasteiger partial charge < -0.3 is 10.3 Å². The zero-order valence-electron chi connectivity index (χ0n) is 14.5. The number of halogens is 4. The first kappa shape index (κ1) is 18.5. The van der Waals surface area contributed by atoms with Crippen LogP contribution in [0, 0.1) is 5.82 Å². The number of nitrogens with zero attached hydrogens (tertiary/aromatic N) is 3. The van der Waals surface area contributed by atoms with Crippen molar-refractivity contribution >= 4 is 22.8 Å². The molecule has 0 unspecified atom stereocenters.